The maximum absolute atomic E-state index is 12.4. The van der Waals surface area contributed by atoms with Crippen molar-refractivity contribution in [1.82, 2.24) is 10.8 Å². The van der Waals surface area contributed by atoms with Crippen LogP contribution < -0.4 is 10.8 Å². The molecule has 0 bridgehead atoms. The van der Waals surface area contributed by atoms with Gasteiger partial charge in [-0.05, 0) is 35.2 Å². The molecule has 3 N–H and O–H groups in total. The number of benzene rings is 2. The molecule has 1 atom stereocenters. The number of sulfone groups is 1. The summed E-state index contributed by atoms with van der Waals surface area (Å²) in [6.45, 7) is 2.13. The van der Waals surface area contributed by atoms with Crippen molar-refractivity contribution in [1.29, 1.82) is 0 Å². The van der Waals surface area contributed by atoms with Crippen molar-refractivity contribution >= 4 is 21.7 Å². The highest BCUT2D eigenvalue weighted by atomic mass is 32.2. The average molecular weight is 404 g/mol. The molecule has 1 unspecified atom stereocenters. The number of hydrogen-bond donors (Lipinski definition) is 3. The first-order valence-electron chi connectivity index (χ1n) is 8.85. The van der Waals surface area contributed by atoms with Crippen LogP contribution in [0.5, 0.6) is 0 Å². The Morgan fingerprint density at radius 1 is 1.00 bits per heavy atom. The average Bonchev–Trinajstić information content (AvgIpc) is 2.66. The fourth-order valence-electron chi connectivity index (χ4n) is 2.77. The topological polar surface area (TPSA) is 113 Å². The van der Waals surface area contributed by atoms with Crippen molar-refractivity contribution in [3.8, 4) is 11.1 Å². The molecular weight excluding hydrogens is 380 g/mol. The Bertz CT molecular complexity index is 922. The van der Waals surface area contributed by atoms with E-state index in [1.807, 2.05) is 12.1 Å². The van der Waals surface area contributed by atoms with Gasteiger partial charge in [-0.1, -0.05) is 49.7 Å². The minimum Gasteiger partial charge on any atom is -0.339 e. The van der Waals surface area contributed by atoms with E-state index in [4.69, 9.17) is 5.21 Å². The second-order valence-electron chi connectivity index (χ2n) is 6.62. The van der Waals surface area contributed by atoms with Gasteiger partial charge in [0.15, 0.2) is 0 Å². The minimum absolute atomic E-state index is 0.274. The van der Waals surface area contributed by atoms with Gasteiger partial charge in [0.1, 0.15) is 15.9 Å². The van der Waals surface area contributed by atoms with Gasteiger partial charge in [-0.25, -0.2) is 13.9 Å². The smallest absolute Gasteiger partial charge is 0.266 e. The number of rotatable bonds is 8. The summed E-state index contributed by atoms with van der Waals surface area (Å²) >= 11 is 0. The van der Waals surface area contributed by atoms with E-state index in [1.165, 1.54) is 11.0 Å². The fourth-order valence-corrected chi connectivity index (χ4v) is 3.61. The zero-order chi connectivity index (χ0) is 20.7. The summed E-state index contributed by atoms with van der Waals surface area (Å²) in [5.41, 5.74) is 4.86. The molecule has 0 radical (unpaired) electrons. The number of carbonyl (C=O) groups excluding carboxylic acids is 2. The summed E-state index contributed by atoms with van der Waals surface area (Å²) in [5, 5.41) is 11.1. The largest absolute Gasteiger partial charge is 0.339 e. The Kier molecular flexibility index (Phi) is 7.31. The number of amides is 2. The van der Waals surface area contributed by atoms with E-state index in [2.05, 4.69) is 24.4 Å². The first-order chi connectivity index (χ1) is 13.2. The first-order valence-corrected chi connectivity index (χ1v) is 10.9. The van der Waals surface area contributed by atoms with E-state index in [-0.39, 0.29) is 5.56 Å². The lowest BCUT2D eigenvalue weighted by atomic mass is 10.0. The minimum atomic E-state index is -3.54. The molecular formula is C20H24N2O5S. The maximum Gasteiger partial charge on any atom is 0.266 e. The Hall–Kier alpha value is -2.71. The van der Waals surface area contributed by atoms with E-state index in [0.29, 0.717) is 0 Å². The van der Waals surface area contributed by atoms with Crippen molar-refractivity contribution in [3.05, 3.63) is 59.7 Å². The molecule has 150 valence electrons. The summed E-state index contributed by atoms with van der Waals surface area (Å²) in [7, 11) is -3.54. The summed E-state index contributed by atoms with van der Waals surface area (Å²) in [4.78, 5) is 24.0. The molecule has 2 amide bonds. The summed E-state index contributed by atoms with van der Waals surface area (Å²) in [5.74, 6) is -2.22. The quantitative estimate of drug-likeness (QED) is 0.460. The highest BCUT2D eigenvalue weighted by molar-refractivity contribution is 7.90. The number of hydroxylamine groups is 1. The zero-order valence-electron chi connectivity index (χ0n) is 15.8. The second kappa shape index (κ2) is 9.48. The third-order valence-electron chi connectivity index (χ3n) is 4.17. The molecule has 7 nitrogen and oxygen atoms in total. The highest BCUT2D eigenvalue weighted by Crippen LogP contribution is 2.21. The fraction of sp³-hybridized carbons (Fsp3) is 0.300. The van der Waals surface area contributed by atoms with E-state index >= 15 is 0 Å². The van der Waals surface area contributed by atoms with Crippen LogP contribution in [0.2, 0.25) is 0 Å². The Labute approximate surface area is 164 Å². The predicted octanol–water partition coefficient (Wildman–Crippen LogP) is 1.95. The molecule has 0 aliphatic rings. The van der Waals surface area contributed by atoms with Crippen LogP contribution in [-0.4, -0.2) is 43.5 Å². The SMILES string of the molecule is CCCc1ccc(-c2ccc(C(=O)NC(CS(C)(=O)=O)C(=O)NO)cc2)cc1. The predicted molar refractivity (Wildman–Crippen MR) is 107 cm³/mol. The molecule has 0 saturated carbocycles. The summed E-state index contributed by atoms with van der Waals surface area (Å²) in [6.07, 6.45) is 3.05. The molecule has 2 rings (SSSR count). The first kappa shape index (κ1) is 21.6. The van der Waals surface area contributed by atoms with Crippen molar-refractivity contribution < 1.29 is 23.2 Å². The van der Waals surface area contributed by atoms with Crippen LogP contribution in [0.4, 0.5) is 0 Å². The van der Waals surface area contributed by atoms with Gasteiger partial charge in [0.25, 0.3) is 11.8 Å². The van der Waals surface area contributed by atoms with Crippen molar-refractivity contribution in [2.24, 2.45) is 0 Å². The van der Waals surface area contributed by atoms with Crippen LogP contribution >= 0.6 is 0 Å². The van der Waals surface area contributed by atoms with Crippen LogP contribution in [0, 0.1) is 0 Å². The maximum atomic E-state index is 12.4. The third kappa shape index (κ3) is 6.17. The van der Waals surface area contributed by atoms with E-state index in [1.54, 1.807) is 24.3 Å². The van der Waals surface area contributed by atoms with E-state index < -0.39 is 33.4 Å². The number of carbonyl (C=O) groups is 2. The molecule has 2 aromatic carbocycles. The van der Waals surface area contributed by atoms with Gasteiger partial charge in [-0.15, -0.1) is 0 Å². The van der Waals surface area contributed by atoms with Crippen LogP contribution in [0.15, 0.2) is 48.5 Å². The second-order valence-corrected chi connectivity index (χ2v) is 8.80. The van der Waals surface area contributed by atoms with Gasteiger partial charge < -0.3 is 5.32 Å². The molecule has 8 heteroatoms. The number of aryl methyl sites for hydroxylation is 1. The van der Waals surface area contributed by atoms with Crippen LogP contribution in [0.3, 0.4) is 0 Å². The molecule has 0 aliphatic heterocycles. The highest BCUT2D eigenvalue weighted by Gasteiger charge is 2.25. The standard InChI is InChI=1S/C20H24N2O5S/c1-3-4-14-5-7-15(8-6-14)16-9-11-17(12-10-16)19(23)21-18(20(24)22-25)13-28(2,26)27/h5-12,18,25H,3-4,13H2,1-2H3,(H,21,23)(H,22,24). The van der Waals surface area contributed by atoms with Gasteiger partial charge in [0.2, 0.25) is 0 Å². The lowest BCUT2D eigenvalue weighted by Gasteiger charge is -2.16. The van der Waals surface area contributed by atoms with Crippen molar-refractivity contribution in [3.63, 3.8) is 0 Å². The molecule has 2 aromatic rings. The van der Waals surface area contributed by atoms with Gasteiger partial charge in [0.05, 0.1) is 5.75 Å². The monoisotopic (exact) mass is 404 g/mol. The lowest BCUT2D eigenvalue weighted by molar-refractivity contribution is -0.130. The normalized spacial score (nSPS) is 12.2. The third-order valence-corrected chi connectivity index (χ3v) is 5.11. The van der Waals surface area contributed by atoms with Crippen molar-refractivity contribution in [2.45, 2.75) is 25.8 Å². The van der Waals surface area contributed by atoms with Crippen LogP contribution in [0.1, 0.15) is 29.3 Å². The molecule has 0 saturated heterocycles. The summed E-state index contributed by atoms with van der Waals surface area (Å²) in [6, 6.07) is 13.5. The molecule has 0 aliphatic carbocycles. The molecule has 28 heavy (non-hydrogen) atoms. The molecule has 0 fully saturated rings. The molecule has 0 spiro atoms. The lowest BCUT2D eigenvalue weighted by Crippen LogP contribution is -2.49. The number of hydrogen-bond acceptors (Lipinski definition) is 5. The Morgan fingerprint density at radius 3 is 2.00 bits per heavy atom. The van der Waals surface area contributed by atoms with Gasteiger partial charge in [-0.2, -0.15) is 0 Å². The van der Waals surface area contributed by atoms with Gasteiger partial charge in [-0.3, -0.25) is 14.8 Å². The van der Waals surface area contributed by atoms with E-state index in [9.17, 15) is 18.0 Å². The summed E-state index contributed by atoms with van der Waals surface area (Å²) < 4.78 is 22.9. The van der Waals surface area contributed by atoms with Crippen LogP contribution in [0.25, 0.3) is 11.1 Å². The number of nitrogens with one attached hydrogen (secondary N) is 2. The van der Waals surface area contributed by atoms with Gasteiger partial charge >= 0.3 is 0 Å². The van der Waals surface area contributed by atoms with Gasteiger partial charge in [0, 0.05) is 11.8 Å². The Balaban J connectivity index is 2.12. The Morgan fingerprint density at radius 2 is 1.54 bits per heavy atom. The van der Waals surface area contributed by atoms with E-state index in [0.717, 1.165) is 30.2 Å². The van der Waals surface area contributed by atoms with Crippen LogP contribution in [-0.2, 0) is 21.1 Å². The molecule has 0 heterocycles. The van der Waals surface area contributed by atoms with Crippen molar-refractivity contribution in [2.75, 3.05) is 12.0 Å². The zero-order valence-corrected chi connectivity index (χ0v) is 16.6. The molecule has 0 aromatic heterocycles.